The second-order valence-electron chi connectivity index (χ2n) is 9.50. The average molecular weight is 510 g/mol. The predicted octanol–water partition coefficient (Wildman–Crippen LogP) is 5.80. The zero-order chi connectivity index (χ0) is 25.9. The van der Waals surface area contributed by atoms with E-state index in [0.29, 0.717) is 18.1 Å². The highest BCUT2D eigenvalue weighted by Gasteiger charge is 2.41. The number of pyridine rings is 1. The fourth-order valence-corrected chi connectivity index (χ4v) is 5.19. The number of aryl methyl sites for hydroxylation is 3. The Bertz CT molecular complexity index is 1430. The molecule has 2 atom stereocenters. The van der Waals surface area contributed by atoms with Gasteiger partial charge in [-0.2, -0.15) is 0 Å². The molecule has 5 rings (SSSR count). The molecule has 188 valence electrons. The summed E-state index contributed by atoms with van der Waals surface area (Å²) in [5, 5.41) is 7.16. The molecule has 3 heterocycles. The lowest BCUT2D eigenvalue weighted by Gasteiger charge is -2.29. The Morgan fingerprint density at radius 1 is 0.973 bits per heavy atom. The molecule has 2 aromatic carbocycles. The lowest BCUT2D eigenvalue weighted by atomic mass is 10.0. The first-order valence-corrected chi connectivity index (χ1v) is 12.9. The van der Waals surface area contributed by atoms with E-state index in [1.165, 1.54) is 11.1 Å². The molecule has 0 bridgehead atoms. The molecule has 0 spiro atoms. The van der Waals surface area contributed by atoms with Gasteiger partial charge in [-0.1, -0.05) is 30.3 Å². The minimum absolute atomic E-state index is 0.0401. The van der Waals surface area contributed by atoms with Crippen molar-refractivity contribution >= 4 is 28.9 Å². The van der Waals surface area contributed by atoms with Crippen LogP contribution in [0.5, 0.6) is 0 Å². The first-order valence-electron chi connectivity index (χ1n) is 12.5. The van der Waals surface area contributed by atoms with Crippen LogP contribution < -0.4 is 10.6 Å². The van der Waals surface area contributed by atoms with Gasteiger partial charge in [0.05, 0.1) is 17.8 Å². The van der Waals surface area contributed by atoms with E-state index in [-0.39, 0.29) is 18.0 Å². The minimum atomic E-state index is -0.145. The molecule has 37 heavy (non-hydrogen) atoms. The van der Waals surface area contributed by atoms with Crippen molar-refractivity contribution < 1.29 is 4.79 Å². The third-order valence-corrected chi connectivity index (χ3v) is 7.40. The summed E-state index contributed by atoms with van der Waals surface area (Å²) in [4.78, 5) is 19.7. The first kappa shape index (κ1) is 24.7. The number of hydrogen-bond donors (Lipinski definition) is 2. The van der Waals surface area contributed by atoms with Gasteiger partial charge >= 0.3 is 0 Å². The first-order chi connectivity index (χ1) is 17.9. The third kappa shape index (κ3) is 5.13. The van der Waals surface area contributed by atoms with Gasteiger partial charge in [0.1, 0.15) is 0 Å². The average Bonchev–Trinajstić information content (AvgIpc) is 3.50. The number of hydrogen-bond acceptors (Lipinski definition) is 3. The molecule has 0 aliphatic carbocycles. The van der Waals surface area contributed by atoms with Crippen LogP contribution in [0.1, 0.15) is 46.6 Å². The number of amides is 1. The highest BCUT2D eigenvalue weighted by Crippen LogP contribution is 2.39. The molecule has 1 aliphatic heterocycles. The molecule has 4 aromatic rings. The number of nitrogens with zero attached hydrogens (tertiary/aromatic N) is 3. The second kappa shape index (κ2) is 10.6. The number of aromatic nitrogens is 2. The van der Waals surface area contributed by atoms with Crippen molar-refractivity contribution in [2.24, 2.45) is 0 Å². The second-order valence-corrected chi connectivity index (χ2v) is 9.89. The largest absolute Gasteiger partial charge is 0.352 e. The van der Waals surface area contributed by atoms with Gasteiger partial charge in [0.2, 0.25) is 5.91 Å². The molecule has 1 fully saturated rings. The smallest absolute Gasteiger partial charge is 0.226 e. The molecular formula is C30H31N5OS. The summed E-state index contributed by atoms with van der Waals surface area (Å²) in [6.07, 6.45) is 4.20. The number of para-hydroxylation sites is 1. The Morgan fingerprint density at radius 2 is 1.78 bits per heavy atom. The van der Waals surface area contributed by atoms with E-state index < -0.39 is 0 Å². The lowest BCUT2D eigenvalue weighted by molar-refractivity contribution is -0.116. The highest BCUT2D eigenvalue weighted by molar-refractivity contribution is 7.80. The van der Waals surface area contributed by atoms with Crippen molar-refractivity contribution in [3.63, 3.8) is 0 Å². The maximum absolute atomic E-state index is 12.9. The van der Waals surface area contributed by atoms with Gasteiger partial charge in [-0.15, -0.1) is 0 Å². The Morgan fingerprint density at radius 3 is 2.54 bits per heavy atom. The van der Waals surface area contributed by atoms with Crippen molar-refractivity contribution in [3.05, 3.63) is 113 Å². The summed E-state index contributed by atoms with van der Waals surface area (Å²) >= 11 is 5.81. The van der Waals surface area contributed by atoms with Crippen molar-refractivity contribution in [2.45, 2.75) is 39.3 Å². The standard InChI is InChI=1S/C30H31N5OS/c1-20-13-14-23(19-22(20)3)34-17-8-12-26(34)29-28(25-11-6-7-16-31-25)33-30(37)35(29)18-15-27(36)32-24-10-5-4-9-21(24)2/h4-14,16-17,19,28-29H,15,18H2,1-3H3,(H,32,36)(H,33,37)/t28-,29+/m1/s1. The molecule has 2 N–H and O–H groups in total. The number of benzene rings is 2. The highest BCUT2D eigenvalue weighted by atomic mass is 32.1. The van der Waals surface area contributed by atoms with E-state index in [0.717, 1.165) is 28.3 Å². The number of carbonyl (C=O) groups is 1. The van der Waals surface area contributed by atoms with Crippen LogP contribution in [0.15, 0.2) is 85.2 Å². The lowest BCUT2D eigenvalue weighted by Crippen LogP contribution is -2.33. The van der Waals surface area contributed by atoms with Crippen LogP contribution in [-0.2, 0) is 4.79 Å². The van der Waals surface area contributed by atoms with Gasteiger partial charge in [-0.05, 0) is 92.1 Å². The number of nitrogens with one attached hydrogen (secondary N) is 2. The van der Waals surface area contributed by atoms with E-state index >= 15 is 0 Å². The van der Waals surface area contributed by atoms with Crippen molar-refractivity contribution in [2.75, 3.05) is 11.9 Å². The third-order valence-electron chi connectivity index (χ3n) is 7.05. The van der Waals surface area contributed by atoms with E-state index in [1.54, 1.807) is 6.20 Å². The summed E-state index contributed by atoms with van der Waals surface area (Å²) in [6.45, 7) is 6.72. The molecular weight excluding hydrogens is 478 g/mol. The zero-order valence-electron chi connectivity index (χ0n) is 21.3. The maximum Gasteiger partial charge on any atom is 0.226 e. The molecule has 0 radical (unpaired) electrons. The van der Waals surface area contributed by atoms with Crippen LogP contribution in [0.2, 0.25) is 0 Å². The SMILES string of the molecule is Cc1ccc(-n2cccc2[C@H]2[C@@H](c3ccccn3)NC(=S)N2CCC(=O)Nc2ccccc2C)cc1C. The predicted molar refractivity (Wildman–Crippen MR) is 152 cm³/mol. The summed E-state index contributed by atoms with van der Waals surface area (Å²) in [6, 6.07) is 24.1. The van der Waals surface area contributed by atoms with Crippen LogP contribution in [0.25, 0.3) is 5.69 Å². The number of anilines is 1. The van der Waals surface area contributed by atoms with Gasteiger partial charge in [0, 0.05) is 42.4 Å². The molecule has 1 saturated heterocycles. The van der Waals surface area contributed by atoms with Crippen LogP contribution >= 0.6 is 12.2 Å². The molecule has 0 unspecified atom stereocenters. The van der Waals surface area contributed by atoms with Crippen LogP contribution in [0, 0.1) is 20.8 Å². The van der Waals surface area contributed by atoms with Crippen LogP contribution in [-0.4, -0.2) is 32.0 Å². The quantitative estimate of drug-likeness (QED) is 0.309. The number of rotatable bonds is 7. The fraction of sp³-hybridized carbons (Fsp3) is 0.233. The number of thiocarbonyl (C=S) groups is 1. The van der Waals surface area contributed by atoms with E-state index in [4.69, 9.17) is 12.2 Å². The van der Waals surface area contributed by atoms with Gasteiger partial charge in [-0.25, -0.2) is 0 Å². The Balaban J connectivity index is 1.46. The van der Waals surface area contributed by atoms with E-state index in [9.17, 15) is 4.79 Å². The molecule has 1 aliphatic rings. The minimum Gasteiger partial charge on any atom is -0.352 e. The summed E-state index contributed by atoms with van der Waals surface area (Å²) < 4.78 is 2.21. The number of carbonyl (C=O) groups excluding carboxylic acids is 1. The van der Waals surface area contributed by atoms with Gasteiger partial charge in [0.25, 0.3) is 0 Å². The van der Waals surface area contributed by atoms with Crippen molar-refractivity contribution in [3.8, 4) is 5.69 Å². The molecule has 6 nitrogen and oxygen atoms in total. The van der Waals surface area contributed by atoms with Gasteiger partial charge < -0.3 is 20.1 Å². The monoisotopic (exact) mass is 509 g/mol. The summed E-state index contributed by atoms with van der Waals surface area (Å²) in [5.41, 5.74) is 7.46. The molecule has 1 amide bonds. The van der Waals surface area contributed by atoms with Crippen LogP contribution in [0.3, 0.4) is 0 Å². The summed E-state index contributed by atoms with van der Waals surface area (Å²) in [7, 11) is 0. The Hall–Kier alpha value is -3.97. The zero-order valence-corrected chi connectivity index (χ0v) is 22.1. The topological polar surface area (TPSA) is 62.2 Å². The molecule has 0 saturated carbocycles. The van der Waals surface area contributed by atoms with E-state index in [2.05, 4.69) is 75.5 Å². The van der Waals surface area contributed by atoms with E-state index in [1.807, 2.05) is 49.4 Å². The normalized spacial score (nSPS) is 17.1. The fourth-order valence-electron chi connectivity index (χ4n) is 4.86. The Kier molecular flexibility index (Phi) is 7.06. The van der Waals surface area contributed by atoms with Gasteiger partial charge in [-0.3, -0.25) is 9.78 Å². The molecule has 2 aromatic heterocycles. The maximum atomic E-state index is 12.9. The summed E-state index contributed by atoms with van der Waals surface area (Å²) in [5.74, 6) is -0.0401. The Labute approximate surface area is 223 Å². The van der Waals surface area contributed by atoms with Crippen LogP contribution in [0.4, 0.5) is 5.69 Å². The van der Waals surface area contributed by atoms with Gasteiger partial charge in [0.15, 0.2) is 5.11 Å². The molecule has 7 heteroatoms. The van der Waals surface area contributed by atoms with Crippen molar-refractivity contribution in [1.29, 1.82) is 0 Å². The van der Waals surface area contributed by atoms with Crippen molar-refractivity contribution in [1.82, 2.24) is 19.8 Å².